The minimum absolute atomic E-state index is 0.0907. The largest absolute Gasteiger partial charge is 0.331 e. The van der Waals surface area contributed by atoms with Crippen LogP contribution in [0.1, 0.15) is 69.7 Å². The van der Waals surface area contributed by atoms with Crippen LogP contribution in [-0.4, -0.2) is 59.1 Å². The molecule has 2 N–H and O–H groups in total. The summed E-state index contributed by atoms with van der Waals surface area (Å²) in [7, 11) is 0. The number of hydrogen-bond acceptors (Lipinski definition) is 5. The topological polar surface area (TPSA) is 79.6 Å². The van der Waals surface area contributed by atoms with Gasteiger partial charge in [-0.25, -0.2) is 0 Å². The number of quaternary nitrogens is 1. The summed E-state index contributed by atoms with van der Waals surface area (Å²) in [6.07, 6.45) is 7.25. The van der Waals surface area contributed by atoms with E-state index >= 15 is 0 Å². The zero-order valence-electron chi connectivity index (χ0n) is 16.5. The second kappa shape index (κ2) is 9.59. The van der Waals surface area contributed by atoms with Gasteiger partial charge in [0.25, 0.3) is 0 Å². The van der Waals surface area contributed by atoms with E-state index in [2.05, 4.69) is 15.5 Å². The van der Waals surface area contributed by atoms with E-state index in [1.807, 2.05) is 18.7 Å². The number of piperazine rings is 1. The Balaban J connectivity index is 1.37. The molecular weight excluding hydrogens is 362 g/mol. The van der Waals surface area contributed by atoms with Crippen LogP contribution in [0.2, 0.25) is 0 Å². The van der Waals surface area contributed by atoms with E-state index in [1.165, 1.54) is 43.4 Å². The average molecular weight is 395 g/mol. The molecule has 0 aromatic carbocycles. The van der Waals surface area contributed by atoms with Crippen molar-refractivity contribution in [2.75, 3.05) is 31.5 Å². The fourth-order valence-corrected chi connectivity index (χ4v) is 4.80. The molecule has 1 saturated carbocycles. The zero-order valence-corrected chi connectivity index (χ0v) is 17.3. The molecule has 8 heteroatoms. The minimum Gasteiger partial charge on any atom is -0.331 e. The summed E-state index contributed by atoms with van der Waals surface area (Å²) < 4.78 is 0. The molecule has 2 aliphatic rings. The summed E-state index contributed by atoms with van der Waals surface area (Å²) in [6.45, 7) is 7.82. The molecule has 0 radical (unpaired) electrons. The maximum Gasteiger partial charge on any atom is 0.226 e. The molecule has 0 unspecified atom stereocenters. The van der Waals surface area contributed by atoms with Crippen LogP contribution in [0.4, 0.5) is 5.13 Å². The van der Waals surface area contributed by atoms with Gasteiger partial charge in [0.1, 0.15) is 5.01 Å². The van der Waals surface area contributed by atoms with Crippen molar-refractivity contribution in [3.8, 4) is 0 Å². The van der Waals surface area contributed by atoms with Crippen LogP contribution < -0.4 is 10.2 Å². The summed E-state index contributed by atoms with van der Waals surface area (Å²) in [5.41, 5.74) is 0. The molecular formula is C19H32N5O2S+. The maximum atomic E-state index is 12.4. The SMILES string of the molecule is CC(C)c1nnc(NC(=O)CCC(=O)N2CC[NH+](C3CCCCC3)CC2)s1. The Kier molecular flexibility index (Phi) is 7.18. The molecule has 0 bridgehead atoms. The molecule has 150 valence electrons. The Morgan fingerprint density at radius 2 is 1.85 bits per heavy atom. The Hall–Kier alpha value is -1.54. The van der Waals surface area contributed by atoms with Crippen molar-refractivity contribution in [2.24, 2.45) is 0 Å². The number of rotatable bonds is 6. The van der Waals surface area contributed by atoms with Gasteiger partial charge in [0.2, 0.25) is 16.9 Å². The molecule has 1 aliphatic heterocycles. The Bertz CT molecular complexity index is 634. The van der Waals surface area contributed by atoms with Gasteiger partial charge in [0, 0.05) is 18.8 Å². The third kappa shape index (κ3) is 5.72. The van der Waals surface area contributed by atoms with Gasteiger partial charge in [-0.05, 0) is 25.7 Å². The highest BCUT2D eigenvalue weighted by atomic mass is 32.1. The number of carbonyl (C=O) groups excluding carboxylic acids is 2. The van der Waals surface area contributed by atoms with E-state index in [0.29, 0.717) is 11.0 Å². The first-order valence-electron chi connectivity index (χ1n) is 10.3. The van der Waals surface area contributed by atoms with Gasteiger partial charge in [-0.1, -0.05) is 31.6 Å². The number of carbonyl (C=O) groups is 2. The van der Waals surface area contributed by atoms with Gasteiger partial charge in [-0.3, -0.25) is 9.59 Å². The zero-order chi connectivity index (χ0) is 19.2. The van der Waals surface area contributed by atoms with Crippen LogP contribution in [0.3, 0.4) is 0 Å². The standard InChI is InChI=1S/C19H31N5O2S/c1-14(2)18-21-22-19(27-18)20-16(25)8-9-17(26)24-12-10-23(11-13-24)15-6-4-3-5-7-15/h14-15H,3-13H2,1-2H3,(H,20,22,25)/p+1. The predicted octanol–water partition coefficient (Wildman–Crippen LogP) is 1.44. The number of aromatic nitrogens is 2. The molecule has 1 aromatic heterocycles. The highest BCUT2D eigenvalue weighted by Gasteiger charge is 2.30. The van der Waals surface area contributed by atoms with Crippen LogP contribution in [-0.2, 0) is 9.59 Å². The van der Waals surface area contributed by atoms with Crippen molar-refractivity contribution in [2.45, 2.75) is 70.8 Å². The van der Waals surface area contributed by atoms with Crippen LogP contribution >= 0.6 is 11.3 Å². The molecule has 1 aromatic rings. The number of nitrogens with one attached hydrogen (secondary N) is 2. The summed E-state index contributed by atoms with van der Waals surface area (Å²) in [6, 6.07) is 0.796. The summed E-state index contributed by atoms with van der Waals surface area (Å²) in [5.74, 6) is 0.221. The maximum absolute atomic E-state index is 12.4. The molecule has 0 atom stereocenters. The lowest BCUT2D eigenvalue weighted by molar-refractivity contribution is -0.930. The first-order chi connectivity index (χ1) is 13.0. The second-order valence-electron chi connectivity index (χ2n) is 8.02. The number of nitrogens with zero attached hydrogens (tertiary/aromatic N) is 3. The van der Waals surface area contributed by atoms with Gasteiger partial charge >= 0.3 is 0 Å². The molecule has 1 saturated heterocycles. The lowest BCUT2D eigenvalue weighted by Crippen LogP contribution is -3.18. The van der Waals surface area contributed by atoms with Crippen molar-refractivity contribution in [1.82, 2.24) is 15.1 Å². The number of hydrogen-bond donors (Lipinski definition) is 2. The van der Waals surface area contributed by atoms with Crippen molar-refractivity contribution < 1.29 is 14.5 Å². The lowest BCUT2D eigenvalue weighted by atomic mass is 9.94. The summed E-state index contributed by atoms with van der Waals surface area (Å²) in [5, 5.41) is 12.2. The normalized spacial score (nSPS) is 19.4. The lowest BCUT2D eigenvalue weighted by Gasteiger charge is -2.38. The monoisotopic (exact) mass is 394 g/mol. The van der Waals surface area contributed by atoms with Crippen molar-refractivity contribution in [3.63, 3.8) is 0 Å². The van der Waals surface area contributed by atoms with Crippen LogP contribution in [0.15, 0.2) is 0 Å². The van der Waals surface area contributed by atoms with Gasteiger partial charge in [-0.15, -0.1) is 10.2 Å². The first kappa shape index (κ1) is 20.2. The van der Waals surface area contributed by atoms with Gasteiger partial charge in [0.05, 0.1) is 32.2 Å². The predicted molar refractivity (Wildman–Crippen MR) is 106 cm³/mol. The second-order valence-corrected chi connectivity index (χ2v) is 9.03. The van der Waals surface area contributed by atoms with Crippen molar-refractivity contribution in [1.29, 1.82) is 0 Å². The van der Waals surface area contributed by atoms with Crippen LogP contribution in [0.5, 0.6) is 0 Å². The highest BCUT2D eigenvalue weighted by Crippen LogP contribution is 2.22. The average Bonchev–Trinajstić information content (AvgIpc) is 3.16. The summed E-state index contributed by atoms with van der Waals surface area (Å²) in [4.78, 5) is 28.1. The van der Waals surface area contributed by atoms with E-state index in [1.54, 1.807) is 4.90 Å². The Labute approximate surface area is 165 Å². The smallest absolute Gasteiger partial charge is 0.226 e. The van der Waals surface area contributed by atoms with Crippen LogP contribution in [0.25, 0.3) is 0 Å². The van der Waals surface area contributed by atoms with Crippen molar-refractivity contribution >= 4 is 28.3 Å². The first-order valence-corrected chi connectivity index (χ1v) is 11.1. The van der Waals surface area contributed by atoms with E-state index in [9.17, 15) is 9.59 Å². The fraction of sp³-hybridized carbons (Fsp3) is 0.789. The molecule has 1 aliphatic carbocycles. The third-order valence-electron chi connectivity index (χ3n) is 5.69. The minimum atomic E-state index is -0.165. The molecule has 0 spiro atoms. The van der Waals surface area contributed by atoms with Crippen LogP contribution in [0, 0.1) is 0 Å². The third-order valence-corrected chi connectivity index (χ3v) is 6.83. The molecule has 2 amide bonds. The molecule has 7 nitrogen and oxygen atoms in total. The Morgan fingerprint density at radius 1 is 1.15 bits per heavy atom. The van der Waals surface area contributed by atoms with Gasteiger partial charge in [-0.2, -0.15) is 0 Å². The van der Waals surface area contributed by atoms with E-state index in [0.717, 1.165) is 37.2 Å². The van der Waals surface area contributed by atoms with E-state index in [-0.39, 0.29) is 24.7 Å². The fourth-order valence-electron chi connectivity index (χ4n) is 4.04. The molecule has 2 heterocycles. The number of anilines is 1. The molecule has 27 heavy (non-hydrogen) atoms. The Morgan fingerprint density at radius 3 is 2.48 bits per heavy atom. The van der Waals surface area contributed by atoms with E-state index < -0.39 is 0 Å². The summed E-state index contributed by atoms with van der Waals surface area (Å²) >= 11 is 1.39. The highest BCUT2D eigenvalue weighted by molar-refractivity contribution is 7.15. The quantitative estimate of drug-likeness (QED) is 0.765. The van der Waals surface area contributed by atoms with Crippen molar-refractivity contribution in [3.05, 3.63) is 5.01 Å². The number of amides is 2. The van der Waals surface area contributed by atoms with E-state index in [4.69, 9.17) is 0 Å². The molecule has 3 rings (SSSR count). The molecule has 2 fully saturated rings. The van der Waals surface area contributed by atoms with Gasteiger partial charge < -0.3 is 15.1 Å². The van der Waals surface area contributed by atoms with Gasteiger partial charge in [0.15, 0.2) is 0 Å².